The molecule has 2 aromatic rings. The van der Waals surface area contributed by atoms with E-state index >= 15 is 0 Å². The highest BCUT2D eigenvalue weighted by Crippen LogP contribution is 2.41. The lowest BCUT2D eigenvalue weighted by Gasteiger charge is -2.18. The van der Waals surface area contributed by atoms with Crippen molar-refractivity contribution in [3.05, 3.63) is 59.7 Å². The molecule has 1 aliphatic heterocycles. The topological polar surface area (TPSA) is 38.6 Å². The molecule has 4 heteroatoms. The Morgan fingerprint density at radius 2 is 1.65 bits per heavy atom. The Kier molecular flexibility index (Phi) is 4.55. The maximum atomic E-state index is 13.0. The summed E-state index contributed by atoms with van der Waals surface area (Å²) in [7, 11) is 1.01. The molecule has 122 valence electrons. The summed E-state index contributed by atoms with van der Waals surface area (Å²) in [5, 5.41) is -0.398. The zero-order valence-electron chi connectivity index (χ0n) is 13.7. The highest BCUT2D eigenvalue weighted by Gasteiger charge is 2.33. The monoisotopic (exact) mass is 330 g/mol. The Hall–Kier alpha value is -1.65. The van der Waals surface area contributed by atoms with Crippen LogP contribution in [0.2, 0.25) is 0 Å². The van der Waals surface area contributed by atoms with E-state index in [9.17, 15) is 8.42 Å². The van der Waals surface area contributed by atoms with Gasteiger partial charge in [-0.05, 0) is 35.1 Å². The first-order valence-corrected chi connectivity index (χ1v) is 9.88. The van der Waals surface area contributed by atoms with E-state index < -0.39 is 15.1 Å². The normalized spacial score (nSPS) is 19.0. The molecule has 0 saturated heterocycles. The lowest BCUT2D eigenvalue weighted by Crippen LogP contribution is -3.05. The van der Waals surface area contributed by atoms with Gasteiger partial charge in [-0.2, -0.15) is 0 Å². The molecule has 2 aromatic carbocycles. The molecule has 0 radical (unpaired) electrons. The maximum Gasteiger partial charge on any atom is 0.161 e. The zero-order valence-corrected chi connectivity index (χ0v) is 14.6. The van der Waals surface area contributed by atoms with Crippen LogP contribution < -0.4 is 4.90 Å². The van der Waals surface area contributed by atoms with Gasteiger partial charge in [0.05, 0.1) is 31.6 Å². The molecule has 0 aliphatic carbocycles. The van der Waals surface area contributed by atoms with Crippen LogP contribution in [0.5, 0.6) is 0 Å². The van der Waals surface area contributed by atoms with Crippen molar-refractivity contribution >= 4 is 9.84 Å². The van der Waals surface area contributed by atoms with E-state index in [1.165, 1.54) is 4.90 Å². The minimum absolute atomic E-state index is 0.136. The maximum absolute atomic E-state index is 13.0. The summed E-state index contributed by atoms with van der Waals surface area (Å²) in [5.74, 6) is 0.136. The van der Waals surface area contributed by atoms with Gasteiger partial charge in [0.2, 0.25) is 0 Å². The average molecular weight is 330 g/mol. The summed E-state index contributed by atoms with van der Waals surface area (Å²) in [6.45, 7) is 0.987. The van der Waals surface area contributed by atoms with Crippen LogP contribution in [0.4, 0.5) is 0 Å². The van der Waals surface area contributed by atoms with Crippen LogP contribution in [0.15, 0.2) is 48.5 Å². The van der Waals surface area contributed by atoms with Crippen LogP contribution in [0, 0.1) is 0 Å². The van der Waals surface area contributed by atoms with Crippen molar-refractivity contribution in [1.29, 1.82) is 0 Å². The predicted molar refractivity (Wildman–Crippen MR) is 94.2 cm³/mol. The van der Waals surface area contributed by atoms with Gasteiger partial charge in [-0.15, -0.1) is 0 Å². The van der Waals surface area contributed by atoms with Crippen molar-refractivity contribution in [2.75, 3.05) is 20.6 Å². The standard InChI is InChI=1S/C19H23NO2S/c1-20(2)13-7-12-19-18-11-6-5-10-17(18)16-9-4-3-8-15(16)14-23(19,21)22/h3-6,8-11,19H,7,12-14H2,1-2H3/p+1/t19-/m0/s1. The fraction of sp³-hybridized carbons (Fsp3) is 0.368. The van der Waals surface area contributed by atoms with Gasteiger partial charge in [-0.25, -0.2) is 8.42 Å². The smallest absolute Gasteiger partial charge is 0.161 e. The molecule has 0 bridgehead atoms. The van der Waals surface area contributed by atoms with Crippen molar-refractivity contribution in [3.8, 4) is 11.1 Å². The number of nitrogens with one attached hydrogen (secondary N) is 1. The number of fused-ring (bicyclic) bond motifs is 3. The molecule has 1 heterocycles. The predicted octanol–water partition coefficient (Wildman–Crippen LogP) is 2.25. The third-order valence-corrected chi connectivity index (χ3v) is 6.62. The van der Waals surface area contributed by atoms with Crippen LogP contribution in [-0.2, 0) is 15.6 Å². The van der Waals surface area contributed by atoms with Crippen LogP contribution in [-0.4, -0.2) is 29.1 Å². The van der Waals surface area contributed by atoms with Crippen molar-refractivity contribution in [2.45, 2.75) is 23.8 Å². The van der Waals surface area contributed by atoms with E-state index in [4.69, 9.17) is 0 Å². The summed E-state index contributed by atoms with van der Waals surface area (Å²) in [4.78, 5) is 1.35. The van der Waals surface area contributed by atoms with Crippen LogP contribution in [0.1, 0.15) is 29.2 Å². The lowest BCUT2D eigenvalue weighted by atomic mass is 9.93. The van der Waals surface area contributed by atoms with E-state index in [0.29, 0.717) is 6.42 Å². The van der Waals surface area contributed by atoms with Crippen LogP contribution in [0.3, 0.4) is 0 Å². The molecule has 0 spiro atoms. The third kappa shape index (κ3) is 3.33. The second kappa shape index (κ2) is 6.46. The molecule has 0 saturated carbocycles. The van der Waals surface area contributed by atoms with Crippen molar-refractivity contribution in [3.63, 3.8) is 0 Å². The average Bonchev–Trinajstić information content (AvgIpc) is 2.60. The highest BCUT2D eigenvalue weighted by atomic mass is 32.2. The molecule has 0 unspecified atom stereocenters. The second-order valence-electron chi connectivity index (χ2n) is 6.64. The summed E-state index contributed by atoms with van der Waals surface area (Å²) < 4.78 is 26.0. The summed E-state index contributed by atoms with van der Waals surface area (Å²) in [5.41, 5.74) is 4.02. The molecule has 1 N–H and O–H groups in total. The van der Waals surface area contributed by atoms with Gasteiger partial charge in [0.1, 0.15) is 0 Å². The van der Waals surface area contributed by atoms with Gasteiger partial charge in [0, 0.05) is 0 Å². The van der Waals surface area contributed by atoms with Crippen molar-refractivity contribution in [1.82, 2.24) is 0 Å². The fourth-order valence-electron chi connectivity index (χ4n) is 3.42. The molecule has 0 amide bonds. The number of hydrogen-bond acceptors (Lipinski definition) is 2. The summed E-state index contributed by atoms with van der Waals surface area (Å²) in [6.07, 6.45) is 1.61. The van der Waals surface area contributed by atoms with Gasteiger partial charge < -0.3 is 4.90 Å². The Morgan fingerprint density at radius 1 is 1.00 bits per heavy atom. The van der Waals surface area contributed by atoms with Gasteiger partial charge in [-0.3, -0.25) is 0 Å². The first-order valence-electron chi connectivity index (χ1n) is 8.17. The zero-order chi connectivity index (χ0) is 16.4. The van der Waals surface area contributed by atoms with E-state index in [-0.39, 0.29) is 5.75 Å². The highest BCUT2D eigenvalue weighted by molar-refractivity contribution is 7.90. The van der Waals surface area contributed by atoms with Crippen LogP contribution in [0.25, 0.3) is 11.1 Å². The molecular weight excluding hydrogens is 306 g/mol. The van der Waals surface area contributed by atoms with Gasteiger partial charge in [0.25, 0.3) is 0 Å². The third-order valence-electron chi connectivity index (χ3n) is 4.55. The SMILES string of the molecule is C[NH+](C)CCC[C@H]1c2ccccc2-c2ccccc2CS1(=O)=O. The Bertz CT molecular complexity index is 797. The number of quaternary nitrogens is 1. The first kappa shape index (κ1) is 16.2. The van der Waals surface area contributed by atoms with Crippen LogP contribution >= 0.6 is 0 Å². The van der Waals surface area contributed by atoms with E-state index in [0.717, 1.165) is 35.2 Å². The number of sulfone groups is 1. The molecular formula is C19H24NO2S+. The summed E-state index contributed by atoms with van der Waals surface area (Å²) in [6, 6.07) is 15.9. The van der Waals surface area contributed by atoms with Gasteiger partial charge in [0.15, 0.2) is 9.84 Å². The van der Waals surface area contributed by atoms with E-state index in [1.807, 2.05) is 42.5 Å². The van der Waals surface area contributed by atoms with Gasteiger partial charge in [-0.1, -0.05) is 48.5 Å². The Morgan fingerprint density at radius 3 is 2.39 bits per heavy atom. The molecule has 1 aliphatic rings. The number of hydrogen-bond donors (Lipinski definition) is 1. The van der Waals surface area contributed by atoms with Crippen molar-refractivity contribution in [2.24, 2.45) is 0 Å². The Labute approximate surface area is 138 Å². The number of rotatable bonds is 4. The lowest BCUT2D eigenvalue weighted by molar-refractivity contribution is -0.858. The summed E-state index contributed by atoms with van der Waals surface area (Å²) >= 11 is 0. The molecule has 1 atom stereocenters. The first-order chi connectivity index (χ1) is 11.0. The molecule has 23 heavy (non-hydrogen) atoms. The largest absolute Gasteiger partial charge is 0.340 e. The van der Waals surface area contributed by atoms with Crippen molar-refractivity contribution < 1.29 is 13.3 Å². The second-order valence-corrected chi connectivity index (χ2v) is 8.82. The fourth-order valence-corrected chi connectivity index (χ4v) is 5.42. The Balaban J connectivity index is 2.07. The minimum Gasteiger partial charge on any atom is -0.340 e. The molecule has 3 rings (SSSR count). The van der Waals surface area contributed by atoms with E-state index in [2.05, 4.69) is 20.2 Å². The number of benzene rings is 2. The minimum atomic E-state index is -3.19. The van der Waals surface area contributed by atoms with E-state index in [1.54, 1.807) is 0 Å². The van der Waals surface area contributed by atoms with Gasteiger partial charge >= 0.3 is 0 Å². The molecule has 0 aromatic heterocycles. The quantitative estimate of drug-likeness (QED) is 0.934. The molecule has 3 nitrogen and oxygen atoms in total. The molecule has 0 fully saturated rings.